The first-order chi connectivity index (χ1) is 11.7. The number of likely N-dealkylation sites (tertiary alicyclic amines) is 1. The highest BCUT2D eigenvalue weighted by atomic mass is 16.1. The normalized spacial score (nSPS) is 12.6. The number of Topliss-reactive ketones (excluding diaryl/α,β-unsaturated/α-hetero) is 1. The molecule has 0 bridgehead atoms. The minimum atomic E-state index is 0.371. The Bertz CT molecular complexity index is 731. The molecule has 1 aliphatic heterocycles. The lowest BCUT2D eigenvalue weighted by molar-refractivity contribution is -0.121. The number of nitrogens with zero attached hydrogens (tertiary/aromatic N) is 2. The van der Waals surface area contributed by atoms with Crippen LogP contribution in [0.25, 0.3) is 0 Å². The van der Waals surface area contributed by atoms with Crippen LogP contribution in [0, 0.1) is 53.8 Å². The van der Waals surface area contributed by atoms with E-state index >= 15 is 0 Å². The van der Waals surface area contributed by atoms with Gasteiger partial charge in [-0.15, -0.1) is 5.92 Å². The van der Waals surface area contributed by atoms with Crippen LogP contribution in [0.5, 0.6) is 0 Å². The van der Waals surface area contributed by atoms with Crippen LogP contribution in [-0.4, -0.2) is 23.8 Å². The monoisotopic (exact) mass is 315 g/mol. The highest BCUT2D eigenvalue weighted by Gasteiger charge is 2.15. The largest absolute Gasteiger partial charge is 0.300 e. The van der Waals surface area contributed by atoms with Crippen LogP contribution >= 0.6 is 0 Å². The van der Waals surface area contributed by atoms with E-state index in [0.29, 0.717) is 24.2 Å². The number of piperidine rings is 1. The Morgan fingerprint density at radius 2 is 1.71 bits per heavy atom. The van der Waals surface area contributed by atoms with E-state index in [-0.39, 0.29) is 0 Å². The Kier molecular flexibility index (Phi) is 9.04. The molecule has 0 unspecified atom stereocenters. The van der Waals surface area contributed by atoms with Gasteiger partial charge in [0.05, 0.1) is 11.6 Å². The Morgan fingerprint density at radius 3 is 2.25 bits per heavy atom. The zero-order chi connectivity index (χ0) is 17.6. The van der Waals surface area contributed by atoms with Crippen molar-refractivity contribution in [2.45, 2.75) is 26.3 Å². The predicted molar refractivity (Wildman–Crippen MR) is 95.0 cm³/mol. The molecule has 0 N–H and O–H groups in total. The summed E-state index contributed by atoms with van der Waals surface area (Å²) in [6, 6.07) is 9.74. The fourth-order valence-corrected chi connectivity index (χ4v) is 2.07. The third kappa shape index (κ3) is 7.77. The molecule has 2 rings (SSSR count). The zero-order valence-electron chi connectivity index (χ0n) is 13.9. The van der Waals surface area contributed by atoms with Crippen LogP contribution in [0.15, 0.2) is 24.3 Å². The summed E-state index contributed by atoms with van der Waals surface area (Å²) in [4.78, 5) is 13.4. The fraction of sp³-hybridized carbons (Fsp3) is 0.286. The fourth-order valence-electron chi connectivity index (χ4n) is 2.07. The van der Waals surface area contributed by atoms with Crippen molar-refractivity contribution in [1.82, 2.24) is 4.90 Å². The molecule has 0 spiro atoms. The minimum Gasteiger partial charge on any atom is -0.300 e. The van der Waals surface area contributed by atoms with Gasteiger partial charge in [0.1, 0.15) is 5.78 Å². The summed E-state index contributed by atoms with van der Waals surface area (Å²) in [6.45, 7) is 7.59. The SMILES string of the molecule is N#Cc1ccc(CN2CCC(=O)CC2)cc1.[CH2-]C#CC#CC#CC. The Hall–Kier alpha value is -3.11. The number of carbonyl (C=O) groups excluding carboxylic acids is 1. The van der Waals surface area contributed by atoms with Gasteiger partial charge in [-0.05, 0) is 36.5 Å². The summed E-state index contributed by atoms with van der Waals surface area (Å²) < 4.78 is 0. The molecular weight excluding hydrogens is 296 g/mol. The molecule has 0 amide bonds. The molecule has 1 aromatic carbocycles. The van der Waals surface area contributed by atoms with Gasteiger partial charge < -0.3 is 0 Å². The molecule has 120 valence electrons. The molecule has 0 atom stereocenters. The van der Waals surface area contributed by atoms with Crippen molar-refractivity contribution in [3.05, 3.63) is 42.3 Å². The smallest absolute Gasteiger partial charge is 0.135 e. The summed E-state index contributed by atoms with van der Waals surface area (Å²) in [5.74, 6) is 15.4. The maximum atomic E-state index is 11.1. The average Bonchev–Trinajstić information content (AvgIpc) is 2.62. The molecule has 3 nitrogen and oxygen atoms in total. The highest BCUT2D eigenvalue weighted by Crippen LogP contribution is 2.11. The van der Waals surface area contributed by atoms with Crippen LogP contribution in [0.4, 0.5) is 0 Å². The van der Waals surface area contributed by atoms with Crippen molar-refractivity contribution in [3.8, 4) is 41.6 Å². The number of nitriles is 1. The standard InChI is InChI=1S/C13H14N2O.C8H5/c14-9-11-1-3-12(4-2-11)10-15-7-5-13(16)6-8-15;1-3-5-7-8-6-4-2/h1-4H,5-8,10H2;1H2,2H3/q;-1. The summed E-state index contributed by atoms with van der Waals surface area (Å²) in [6.07, 6.45) is 1.35. The van der Waals surface area contributed by atoms with Gasteiger partial charge in [-0.3, -0.25) is 15.6 Å². The van der Waals surface area contributed by atoms with Gasteiger partial charge in [-0.2, -0.15) is 12.2 Å². The number of hydrogen-bond donors (Lipinski definition) is 0. The van der Waals surface area contributed by atoms with E-state index in [1.165, 1.54) is 5.56 Å². The number of carbonyl (C=O) groups is 1. The van der Waals surface area contributed by atoms with E-state index < -0.39 is 0 Å². The van der Waals surface area contributed by atoms with E-state index in [4.69, 9.17) is 5.26 Å². The number of rotatable bonds is 2. The average molecular weight is 315 g/mol. The molecule has 0 radical (unpaired) electrons. The van der Waals surface area contributed by atoms with Gasteiger partial charge in [-0.25, -0.2) is 5.92 Å². The summed E-state index contributed by atoms with van der Waals surface area (Å²) in [5, 5.41) is 8.68. The van der Waals surface area contributed by atoms with Crippen molar-refractivity contribution >= 4 is 5.78 Å². The molecule has 1 heterocycles. The molecule has 1 saturated heterocycles. The van der Waals surface area contributed by atoms with Crippen LogP contribution in [0.2, 0.25) is 0 Å². The van der Waals surface area contributed by atoms with Gasteiger partial charge in [-0.1, -0.05) is 18.1 Å². The van der Waals surface area contributed by atoms with Gasteiger partial charge >= 0.3 is 0 Å². The van der Waals surface area contributed by atoms with Gasteiger partial charge in [0.2, 0.25) is 0 Å². The Labute approximate surface area is 144 Å². The van der Waals surface area contributed by atoms with Crippen LogP contribution in [0.1, 0.15) is 30.9 Å². The lowest BCUT2D eigenvalue weighted by Gasteiger charge is -2.25. The number of hydrogen-bond acceptors (Lipinski definition) is 3. The molecule has 3 heteroatoms. The number of ketones is 1. The van der Waals surface area contributed by atoms with Gasteiger partial charge in [0.15, 0.2) is 0 Å². The second-order valence-electron chi connectivity index (χ2n) is 5.05. The quantitative estimate of drug-likeness (QED) is 0.622. The van der Waals surface area contributed by atoms with Crippen molar-refractivity contribution in [2.75, 3.05) is 13.1 Å². The minimum absolute atomic E-state index is 0.371. The van der Waals surface area contributed by atoms with Crippen molar-refractivity contribution in [1.29, 1.82) is 5.26 Å². The first-order valence-corrected chi connectivity index (χ1v) is 7.61. The third-order valence-electron chi connectivity index (χ3n) is 3.30. The molecular formula is C21H19N2O-. The molecule has 1 fully saturated rings. The van der Waals surface area contributed by atoms with Gasteiger partial charge in [0.25, 0.3) is 0 Å². The summed E-state index contributed by atoms with van der Waals surface area (Å²) in [7, 11) is 0. The second kappa shape index (κ2) is 11.5. The van der Waals surface area contributed by atoms with Crippen molar-refractivity contribution in [2.24, 2.45) is 0 Å². The lowest BCUT2D eigenvalue weighted by Crippen LogP contribution is -2.33. The van der Waals surface area contributed by atoms with E-state index in [2.05, 4.69) is 53.4 Å². The molecule has 1 aliphatic rings. The number of benzene rings is 1. The molecule has 24 heavy (non-hydrogen) atoms. The molecule has 0 aliphatic carbocycles. The van der Waals surface area contributed by atoms with Crippen LogP contribution in [0.3, 0.4) is 0 Å². The predicted octanol–water partition coefficient (Wildman–Crippen LogP) is 2.57. The maximum absolute atomic E-state index is 11.1. The van der Waals surface area contributed by atoms with Crippen LogP contribution < -0.4 is 0 Å². The molecule has 1 aromatic rings. The second-order valence-corrected chi connectivity index (χ2v) is 5.05. The van der Waals surface area contributed by atoms with E-state index in [1.54, 1.807) is 6.92 Å². The topological polar surface area (TPSA) is 44.1 Å². The Balaban J connectivity index is 0.000000307. The van der Waals surface area contributed by atoms with Crippen molar-refractivity contribution in [3.63, 3.8) is 0 Å². The van der Waals surface area contributed by atoms with E-state index in [9.17, 15) is 4.79 Å². The van der Waals surface area contributed by atoms with Crippen molar-refractivity contribution < 1.29 is 4.79 Å². The lowest BCUT2D eigenvalue weighted by atomic mass is 10.1. The Morgan fingerprint density at radius 1 is 1.08 bits per heavy atom. The van der Waals surface area contributed by atoms with E-state index in [0.717, 1.165) is 19.6 Å². The van der Waals surface area contributed by atoms with Gasteiger partial charge in [0, 0.05) is 32.5 Å². The van der Waals surface area contributed by atoms with Crippen LogP contribution in [-0.2, 0) is 11.3 Å². The molecule has 0 saturated carbocycles. The zero-order valence-corrected chi connectivity index (χ0v) is 13.9. The molecule has 0 aromatic heterocycles. The first-order valence-electron chi connectivity index (χ1n) is 7.61. The first kappa shape index (κ1) is 18.9. The highest BCUT2D eigenvalue weighted by molar-refractivity contribution is 5.79. The summed E-state index contributed by atoms with van der Waals surface area (Å²) >= 11 is 0. The summed E-state index contributed by atoms with van der Waals surface area (Å²) in [5.41, 5.74) is 1.89. The van der Waals surface area contributed by atoms with E-state index in [1.807, 2.05) is 24.3 Å². The maximum Gasteiger partial charge on any atom is 0.135 e. The third-order valence-corrected chi connectivity index (χ3v) is 3.30.